The van der Waals surface area contributed by atoms with Gasteiger partial charge in [0.2, 0.25) is 0 Å². The first-order chi connectivity index (χ1) is 14.3. The van der Waals surface area contributed by atoms with Crippen molar-refractivity contribution >= 4 is 5.97 Å². The van der Waals surface area contributed by atoms with Crippen molar-refractivity contribution in [2.24, 2.45) is 17.8 Å². The van der Waals surface area contributed by atoms with Gasteiger partial charge in [0.1, 0.15) is 11.7 Å². The lowest BCUT2D eigenvalue weighted by molar-refractivity contribution is -0.418. The topological polar surface area (TPSA) is 55.8 Å². The van der Waals surface area contributed by atoms with Crippen LogP contribution in [0.25, 0.3) is 0 Å². The lowest BCUT2D eigenvalue weighted by Crippen LogP contribution is -2.44. The molecule has 0 bridgehead atoms. The summed E-state index contributed by atoms with van der Waals surface area (Å²) < 4.78 is 0. The van der Waals surface area contributed by atoms with E-state index in [4.69, 9.17) is 14.9 Å². The van der Waals surface area contributed by atoms with Gasteiger partial charge in [0, 0.05) is 0 Å². The summed E-state index contributed by atoms with van der Waals surface area (Å²) in [7, 11) is 0. The number of aliphatic carboxylic acids is 1. The molecule has 170 valence electrons. The molecule has 1 heterocycles. The van der Waals surface area contributed by atoms with Crippen LogP contribution in [0.1, 0.15) is 91.0 Å². The Morgan fingerprint density at radius 2 is 1.77 bits per heavy atom. The van der Waals surface area contributed by atoms with Gasteiger partial charge in [-0.15, -0.1) is 0 Å². The third kappa shape index (κ3) is 9.18. The molecule has 0 unspecified atom stereocenters. The number of aryl methyl sites for hydroxylation is 1. The summed E-state index contributed by atoms with van der Waals surface area (Å²) in [6, 6.07) is 10.8. The summed E-state index contributed by atoms with van der Waals surface area (Å²) in [6.07, 6.45) is 10.3. The molecule has 0 aliphatic carbocycles. The van der Waals surface area contributed by atoms with Gasteiger partial charge in [-0.1, -0.05) is 83.2 Å². The molecule has 1 saturated heterocycles. The van der Waals surface area contributed by atoms with Crippen LogP contribution in [0.2, 0.25) is 0 Å². The molecule has 1 aromatic carbocycles. The fourth-order valence-electron chi connectivity index (χ4n) is 4.91. The summed E-state index contributed by atoms with van der Waals surface area (Å²) in [5, 5.41) is 8.99. The van der Waals surface area contributed by atoms with E-state index in [2.05, 4.69) is 58.0 Å². The van der Waals surface area contributed by atoms with Crippen LogP contribution in [-0.4, -0.2) is 22.8 Å². The number of unbranched alkanes of at least 4 members (excludes halogenated alkanes) is 1. The minimum Gasteiger partial charge on any atom is -0.481 e. The molecule has 0 saturated carbocycles. The molecule has 4 heteroatoms. The average Bonchev–Trinajstić information content (AvgIpc) is 2.68. The molecule has 0 amide bonds. The smallest absolute Gasteiger partial charge is 0.306 e. The van der Waals surface area contributed by atoms with Gasteiger partial charge in [0.15, 0.2) is 0 Å². The van der Waals surface area contributed by atoms with Crippen LogP contribution in [0.3, 0.4) is 0 Å². The van der Waals surface area contributed by atoms with E-state index in [1.807, 2.05) is 0 Å². The molecule has 1 aromatic rings. The van der Waals surface area contributed by atoms with Crippen LogP contribution in [0.5, 0.6) is 0 Å². The Kier molecular flexibility index (Phi) is 10.3. The first-order valence-electron chi connectivity index (χ1n) is 11.9. The van der Waals surface area contributed by atoms with Gasteiger partial charge in [-0.2, -0.15) is 0 Å². The molecule has 0 radical (unpaired) electrons. The molecular weight excluding hydrogens is 376 g/mol. The van der Waals surface area contributed by atoms with Crippen molar-refractivity contribution in [3.8, 4) is 0 Å². The summed E-state index contributed by atoms with van der Waals surface area (Å²) in [4.78, 5) is 22.1. The molecule has 1 N–H and O–H groups in total. The highest BCUT2D eigenvalue weighted by Crippen LogP contribution is 2.37. The Bertz CT molecular complexity index is 617. The lowest BCUT2D eigenvalue weighted by Gasteiger charge is -2.41. The number of carboxylic acid groups (broad SMARTS) is 1. The van der Waals surface area contributed by atoms with Crippen LogP contribution in [0.15, 0.2) is 30.3 Å². The molecule has 1 fully saturated rings. The molecule has 0 spiro atoms. The molecule has 5 atom stereocenters. The number of carboxylic acids is 1. The summed E-state index contributed by atoms with van der Waals surface area (Å²) in [5.41, 5.74) is 1.14. The Morgan fingerprint density at radius 1 is 1.10 bits per heavy atom. The second-order valence-electron chi connectivity index (χ2n) is 10.0. The molecule has 1 aliphatic heterocycles. The zero-order valence-electron chi connectivity index (χ0n) is 19.4. The predicted octanol–water partition coefficient (Wildman–Crippen LogP) is 6.82. The minimum absolute atomic E-state index is 0.00996. The van der Waals surface area contributed by atoms with E-state index >= 15 is 0 Å². The third-order valence-electron chi connectivity index (χ3n) is 6.57. The van der Waals surface area contributed by atoms with E-state index in [1.54, 1.807) is 0 Å². The summed E-state index contributed by atoms with van der Waals surface area (Å²) >= 11 is 0. The molecule has 1 aliphatic rings. The van der Waals surface area contributed by atoms with Crippen LogP contribution in [0, 0.1) is 17.8 Å². The zero-order chi connectivity index (χ0) is 22.0. The van der Waals surface area contributed by atoms with E-state index in [0.717, 1.165) is 18.8 Å². The van der Waals surface area contributed by atoms with Crippen LogP contribution in [-0.2, 0) is 21.0 Å². The van der Waals surface area contributed by atoms with Crippen LogP contribution >= 0.6 is 0 Å². The van der Waals surface area contributed by atoms with Crippen LogP contribution in [0.4, 0.5) is 0 Å². The van der Waals surface area contributed by atoms with Crippen molar-refractivity contribution in [3.63, 3.8) is 0 Å². The van der Waals surface area contributed by atoms with Gasteiger partial charge in [-0.25, -0.2) is 9.78 Å². The number of benzene rings is 1. The van der Waals surface area contributed by atoms with Gasteiger partial charge in [0.25, 0.3) is 0 Å². The zero-order valence-corrected chi connectivity index (χ0v) is 19.4. The van der Waals surface area contributed by atoms with E-state index < -0.39 is 5.97 Å². The highest BCUT2D eigenvalue weighted by Gasteiger charge is 2.40. The Balaban J connectivity index is 1.57. The quantitative estimate of drug-likeness (QED) is 0.282. The largest absolute Gasteiger partial charge is 0.481 e. The van der Waals surface area contributed by atoms with Gasteiger partial charge in [-0.3, -0.25) is 4.79 Å². The monoisotopic (exact) mass is 418 g/mol. The maximum Gasteiger partial charge on any atom is 0.306 e. The SMILES string of the molecule is C[C@@H](CCCCc1ccccc1)CCC[C@@H](C)C[C@]1(C)C[C@H](C)[C@H](CC(=O)O)OO1. The highest BCUT2D eigenvalue weighted by molar-refractivity contribution is 5.67. The van der Waals surface area contributed by atoms with Gasteiger partial charge in [0.05, 0.1) is 6.42 Å². The normalized spacial score (nSPS) is 26.3. The van der Waals surface area contributed by atoms with Crippen LogP contribution < -0.4 is 0 Å². The minimum atomic E-state index is -0.832. The maximum absolute atomic E-state index is 10.9. The van der Waals surface area contributed by atoms with Gasteiger partial charge in [-0.05, 0) is 55.9 Å². The second kappa shape index (κ2) is 12.5. The third-order valence-corrected chi connectivity index (χ3v) is 6.57. The Morgan fingerprint density at radius 3 is 2.43 bits per heavy atom. The fraction of sp³-hybridized carbons (Fsp3) is 0.731. The average molecular weight is 419 g/mol. The summed E-state index contributed by atoms with van der Waals surface area (Å²) in [6.45, 7) is 8.86. The maximum atomic E-state index is 10.9. The van der Waals surface area contributed by atoms with E-state index in [-0.39, 0.29) is 24.0 Å². The Labute approximate surface area is 183 Å². The van der Waals surface area contributed by atoms with Crippen molar-refractivity contribution in [2.75, 3.05) is 0 Å². The lowest BCUT2D eigenvalue weighted by atomic mass is 9.80. The van der Waals surface area contributed by atoms with Crippen molar-refractivity contribution in [2.45, 2.75) is 104 Å². The van der Waals surface area contributed by atoms with Crippen molar-refractivity contribution in [3.05, 3.63) is 35.9 Å². The number of hydrogen-bond acceptors (Lipinski definition) is 3. The standard InChI is InChI=1S/C26H42O4/c1-20(11-8-9-16-23-14-6-5-7-15-23)12-10-13-21(2)18-26(4)19-22(3)24(29-30-26)17-25(27)28/h5-7,14-15,20-22,24H,8-13,16-19H2,1-4H3,(H,27,28)/t20-,21+,22-,24-,26+/m0/s1. The first kappa shape index (κ1) is 24.9. The Hall–Kier alpha value is -1.39. The molecular formula is C26H42O4. The first-order valence-corrected chi connectivity index (χ1v) is 11.9. The van der Waals surface area contributed by atoms with E-state index in [0.29, 0.717) is 5.92 Å². The molecule has 0 aromatic heterocycles. The number of rotatable bonds is 13. The molecule has 4 nitrogen and oxygen atoms in total. The molecule has 2 rings (SSSR count). The second-order valence-corrected chi connectivity index (χ2v) is 10.0. The van der Waals surface area contributed by atoms with Gasteiger partial charge >= 0.3 is 5.97 Å². The van der Waals surface area contributed by atoms with E-state index in [9.17, 15) is 4.79 Å². The van der Waals surface area contributed by atoms with Crippen molar-refractivity contribution in [1.82, 2.24) is 0 Å². The highest BCUT2D eigenvalue weighted by atomic mass is 17.2. The molecule has 30 heavy (non-hydrogen) atoms. The number of carbonyl (C=O) groups is 1. The van der Waals surface area contributed by atoms with E-state index in [1.165, 1.54) is 50.5 Å². The van der Waals surface area contributed by atoms with Crippen molar-refractivity contribution < 1.29 is 19.7 Å². The fourth-order valence-corrected chi connectivity index (χ4v) is 4.91. The summed E-state index contributed by atoms with van der Waals surface area (Å²) in [5.74, 6) is 0.728. The van der Waals surface area contributed by atoms with Crippen molar-refractivity contribution in [1.29, 1.82) is 0 Å². The number of hydrogen-bond donors (Lipinski definition) is 1. The predicted molar refractivity (Wildman–Crippen MR) is 121 cm³/mol. The van der Waals surface area contributed by atoms with Gasteiger partial charge < -0.3 is 5.11 Å².